The van der Waals surface area contributed by atoms with E-state index in [1.807, 2.05) is 0 Å². The molecule has 2 nitrogen and oxygen atoms in total. The normalized spacial score (nSPS) is 26.7. The van der Waals surface area contributed by atoms with Crippen LogP contribution in [0.1, 0.15) is 19.3 Å². The molecule has 82 valence electrons. The Bertz CT molecular complexity index is 528. The number of hydrogen-bond acceptors (Lipinski definition) is 2. The first-order valence-electron chi connectivity index (χ1n) is 6.91. The lowest BCUT2D eigenvalue weighted by Crippen LogP contribution is -2.59. The predicted octanol–water partition coefficient (Wildman–Crippen LogP) is 1.49. The zero-order valence-corrected chi connectivity index (χ0v) is 7.80. The zero-order chi connectivity index (χ0) is 15.3. The van der Waals surface area contributed by atoms with E-state index in [0.29, 0.717) is 0 Å². The fourth-order valence-corrected chi connectivity index (χ4v) is 1.70. The fourth-order valence-electron chi connectivity index (χ4n) is 1.70. The van der Waals surface area contributed by atoms with Crippen molar-refractivity contribution in [1.82, 2.24) is 4.90 Å². The number of rotatable bonds is 2. The first-order chi connectivity index (χ1) is 8.99. The summed E-state index contributed by atoms with van der Waals surface area (Å²) in [4.78, 5) is 0.879. The molecule has 4 heteroatoms. The van der Waals surface area contributed by atoms with Gasteiger partial charge in [0.25, 0.3) is 0 Å². The average Bonchev–Trinajstić information content (AvgIpc) is 2.27. The Labute approximate surface area is 94.2 Å². The average molecular weight is 218 g/mol. The van der Waals surface area contributed by atoms with Crippen LogP contribution in [0.15, 0.2) is 18.2 Å². The second-order valence-electron chi connectivity index (χ2n) is 3.60. The number of benzene rings is 1. The minimum atomic E-state index is -2.89. The Balaban J connectivity index is 2.22. The molecule has 0 spiro atoms. The van der Waals surface area contributed by atoms with Crippen LogP contribution in [0, 0.1) is 11.6 Å². The molecule has 1 aromatic rings. The first kappa shape index (κ1) is 5.92. The van der Waals surface area contributed by atoms with Gasteiger partial charge in [-0.05, 0) is 12.6 Å². The number of halogens is 2. The Morgan fingerprint density at radius 2 is 2.33 bits per heavy atom. The van der Waals surface area contributed by atoms with E-state index in [4.69, 9.17) is 6.85 Å². The second-order valence-corrected chi connectivity index (χ2v) is 3.60. The molecule has 0 aliphatic carbocycles. The maximum Gasteiger partial charge on any atom is 0.164 e. The second kappa shape index (κ2) is 3.54. The molecule has 1 N–H and O–H groups in total. The predicted molar refractivity (Wildman–Crippen MR) is 52.4 cm³/mol. The van der Waals surface area contributed by atoms with Gasteiger partial charge in [0, 0.05) is 25.5 Å². The van der Waals surface area contributed by atoms with Crippen LogP contribution < -0.4 is 0 Å². The molecule has 0 unspecified atom stereocenters. The van der Waals surface area contributed by atoms with Gasteiger partial charge in [-0.25, -0.2) is 8.78 Å². The van der Waals surface area contributed by atoms with Crippen LogP contribution in [0.25, 0.3) is 0 Å². The summed E-state index contributed by atoms with van der Waals surface area (Å²) < 4.78 is 63.1. The third kappa shape index (κ3) is 1.64. The van der Waals surface area contributed by atoms with Crippen LogP contribution in [0.5, 0.6) is 0 Å². The van der Waals surface area contributed by atoms with Crippen molar-refractivity contribution in [3.63, 3.8) is 0 Å². The smallest absolute Gasteiger partial charge is 0.164 e. The summed E-state index contributed by atoms with van der Waals surface area (Å²) in [5.74, 6) is -2.32. The van der Waals surface area contributed by atoms with Gasteiger partial charge in [-0.1, -0.05) is 19.0 Å². The maximum atomic E-state index is 13.6. The van der Waals surface area contributed by atoms with Gasteiger partial charge in [-0.3, -0.25) is 4.90 Å². The number of likely N-dealkylation sites (tertiary alicyclic amines) is 1. The van der Waals surface area contributed by atoms with Gasteiger partial charge in [0.1, 0.15) is 5.60 Å². The van der Waals surface area contributed by atoms with Gasteiger partial charge in [-0.15, -0.1) is 0 Å². The monoisotopic (exact) mass is 218 g/mol. The van der Waals surface area contributed by atoms with E-state index in [-0.39, 0.29) is 5.56 Å². The lowest BCUT2D eigenvalue weighted by atomic mass is 9.86. The minimum Gasteiger partial charge on any atom is -0.382 e. The van der Waals surface area contributed by atoms with E-state index in [9.17, 15) is 13.9 Å². The standard InChI is InChI=1S/C11H13F2NO/c1-2-14-6-11(15,7-14)8-4-3-5-9(12)10(8)13/h3-5,15H,2,6-7H2,1H3/i1D3,2D2. The lowest BCUT2D eigenvalue weighted by molar-refractivity contribution is -0.104. The van der Waals surface area contributed by atoms with Gasteiger partial charge in [0.05, 0.1) is 0 Å². The molecule has 1 heterocycles. The van der Waals surface area contributed by atoms with Crippen molar-refractivity contribution in [2.75, 3.05) is 19.6 Å². The summed E-state index contributed by atoms with van der Waals surface area (Å²) in [5, 5.41) is 10.2. The molecule has 0 atom stereocenters. The van der Waals surface area contributed by atoms with E-state index >= 15 is 0 Å². The third-order valence-electron chi connectivity index (χ3n) is 2.52. The van der Waals surface area contributed by atoms with Crippen LogP contribution in [0.2, 0.25) is 0 Å². The quantitative estimate of drug-likeness (QED) is 0.813. The molecule has 1 aromatic carbocycles. The molecular weight excluding hydrogens is 200 g/mol. The minimum absolute atomic E-state index is 0.296. The van der Waals surface area contributed by atoms with E-state index in [2.05, 4.69) is 0 Å². The van der Waals surface area contributed by atoms with Gasteiger partial charge >= 0.3 is 0 Å². The van der Waals surface area contributed by atoms with E-state index < -0.39 is 43.7 Å². The highest BCUT2D eigenvalue weighted by Gasteiger charge is 2.43. The zero-order valence-electron chi connectivity index (χ0n) is 12.8. The Hall–Kier alpha value is -1.00. The van der Waals surface area contributed by atoms with Crippen molar-refractivity contribution in [2.24, 2.45) is 0 Å². The molecule has 0 aromatic heterocycles. The van der Waals surface area contributed by atoms with E-state index in [1.54, 1.807) is 0 Å². The van der Waals surface area contributed by atoms with E-state index in [1.165, 1.54) is 12.1 Å². The summed E-state index contributed by atoms with van der Waals surface area (Å²) in [6.07, 6.45) is 0. The van der Waals surface area contributed by atoms with E-state index in [0.717, 1.165) is 11.0 Å². The number of likely N-dealkylation sites (N-methyl/N-ethyl adjacent to an activating group) is 1. The summed E-state index contributed by atoms with van der Waals surface area (Å²) >= 11 is 0. The van der Waals surface area contributed by atoms with Crippen LogP contribution in [0.3, 0.4) is 0 Å². The highest BCUT2D eigenvalue weighted by molar-refractivity contribution is 5.28. The maximum absolute atomic E-state index is 13.6. The Morgan fingerprint density at radius 1 is 1.60 bits per heavy atom. The number of aliphatic hydroxyl groups is 1. The van der Waals surface area contributed by atoms with Crippen molar-refractivity contribution < 1.29 is 20.7 Å². The fraction of sp³-hybridized carbons (Fsp3) is 0.455. The van der Waals surface area contributed by atoms with Crippen molar-refractivity contribution in [1.29, 1.82) is 0 Å². The van der Waals surface area contributed by atoms with Crippen LogP contribution in [-0.2, 0) is 5.60 Å². The Kier molecular flexibility index (Phi) is 1.40. The molecule has 15 heavy (non-hydrogen) atoms. The molecule has 0 bridgehead atoms. The van der Waals surface area contributed by atoms with Crippen LogP contribution in [0.4, 0.5) is 8.78 Å². The van der Waals surface area contributed by atoms with Crippen molar-refractivity contribution in [2.45, 2.75) is 12.5 Å². The van der Waals surface area contributed by atoms with Gasteiger partial charge in [0.15, 0.2) is 11.6 Å². The molecule has 0 amide bonds. The summed E-state index contributed by atoms with van der Waals surface area (Å²) in [5.41, 5.74) is -2.08. The number of β-amino-alcohol motifs (C(OH)–C–C–N with tert-alkyl or cyclic N) is 1. The highest BCUT2D eigenvalue weighted by Crippen LogP contribution is 2.33. The summed E-state index contributed by atoms with van der Waals surface area (Å²) in [6, 6.07) is 3.33. The highest BCUT2D eigenvalue weighted by atomic mass is 19.2. The summed E-state index contributed by atoms with van der Waals surface area (Å²) in [7, 11) is 0. The lowest BCUT2D eigenvalue weighted by Gasteiger charge is -2.46. The molecule has 1 fully saturated rings. The SMILES string of the molecule is [2H]C([2H])([2H])C([2H])([2H])N1CC(O)(c2cccc(F)c2F)C1. The molecular formula is C11H13F2NO. The van der Waals surface area contributed by atoms with Crippen molar-refractivity contribution in [3.8, 4) is 0 Å². The molecule has 0 saturated carbocycles. The van der Waals surface area contributed by atoms with Crippen molar-refractivity contribution >= 4 is 0 Å². The van der Waals surface area contributed by atoms with Gasteiger partial charge < -0.3 is 5.11 Å². The third-order valence-corrected chi connectivity index (χ3v) is 2.52. The number of hydrogen-bond donors (Lipinski definition) is 1. The first-order valence-corrected chi connectivity index (χ1v) is 4.41. The van der Waals surface area contributed by atoms with Crippen LogP contribution >= 0.6 is 0 Å². The molecule has 1 aliphatic heterocycles. The molecule has 0 radical (unpaired) electrons. The van der Waals surface area contributed by atoms with Crippen molar-refractivity contribution in [3.05, 3.63) is 35.4 Å². The summed E-state index contributed by atoms with van der Waals surface area (Å²) in [6.45, 7) is -6.37. The van der Waals surface area contributed by atoms with Gasteiger partial charge in [0.2, 0.25) is 0 Å². The molecule has 1 saturated heterocycles. The Morgan fingerprint density at radius 3 is 3.00 bits per heavy atom. The largest absolute Gasteiger partial charge is 0.382 e. The molecule has 2 rings (SSSR count). The van der Waals surface area contributed by atoms with Crippen LogP contribution in [-0.4, -0.2) is 29.6 Å². The molecule has 1 aliphatic rings. The number of nitrogens with zero attached hydrogens (tertiary/aromatic N) is 1. The topological polar surface area (TPSA) is 23.5 Å². The van der Waals surface area contributed by atoms with Gasteiger partial charge in [-0.2, -0.15) is 0 Å².